The summed E-state index contributed by atoms with van der Waals surface area (Å²) in [6.45, 7) is 7.15. The number of carbonyl (C=O) groups is 2. The highest BCUT2D eigenvalue weighted by molar-refractivity contribution is 6.06. The quantitative estimate of drug-likeness (QED) is 0.0377. The van der Waals surface area contributed by atoms with Gasteiger partial charge in [-0.2, -0.15) is 0 Å². The number of unbranched alkanes of at least 4 members (excludes halogenated alkanes) is 42. The lowest BCUT2D eigenvalue weighted by atomic mass is 9.88. The van der Waals surface area contributed by atoms with Gasteiger partial charge < -0.3 is 9.84 Å². The summed E-state index contributed by atoms with van der Waals surface area (Å²) in [6.07, 6.45) is 58.0. The fourth-order valence-electron chi connectivity index (χ4n) is 8.73. The topological polar surface area (TPSA) is 63.6 Å². The van der Waals surface area contributed by atoms with Crippen LogP contribution in [0.1, 0.15) is 323 Å². The molecule has 1 unspecified atom stereocenters. The predicted octanol–water partition coefficient (Wildman–Crippen LogP) is 18.2. The van der Waals surface area contributed by atoms with Crippen LogP contribution in [-0.2, 0) is 14.3 Å². The number of hydrogen-bond acceptors (Lipinski definition) is 4. The van der Waals surface area contributed by atoms with Crippen LogP contribution < -0.4 is 0 Å². The first-order valence-corrected chi connectivity index (χ1v) is 27.0. The summed E-state index contributed by atoms with van der Waals surface area (Å²) in [5.74, 6) is -0.997. The van der Waals surface area contributed by atoms with Gasteiger partial charge in [0, 0.05) is 6.42 Å². The standard InChI is InChI=1S/C54H106O4/c1-4-7-10-13-16-19-22-25-28-30-33-36-39-42-45-48-51-58-53(56)54(57,50-47-44-41-38-35-32-27-24-21-18-15-12-9-6-3)52(55)49-46-43-40-37-34-31-29-26-23-20-17-14-11-8-5-2/h57H,4-51H2,1-3H3. The Kier molecular flexibility index (Phi) is 46.4. The van der Waals surface area contributed by atoms with E-state index in [1.54, 1.807) is 0 Å². The average Bonchev–Trinajstić information content (AvgIpc) is 3.23. The Morgan fingerprint density at radius 1 is 0.328 bits per heavy atom. The number of Topliss-reactive ketones (excluding diaryl/α,β-unsaturated/α-hetero) is 1. The fraction of sp³-hybridized carbons (Fsp3) is 0.963. The summed E-state index contributed by atoms with van der Waals surface area (Å²) >= 11 is 0. The molecule has 0 bridgehead atoms. The van der Waals surface area contributed by atoms with Crippen LogP contribution in [0.25, 0.3) is 0 Å². The number of hydrogen-bond donors (Lipinski definition) is 1. The zero-order valence-electron chi connectivity index (χ0n) is 40.1. The highest BCUT2D eigenvalue weighted by Crippen LogP contribution is 2.24. The second-order valence-corrected chi connectivity index (χ2v) is 18.8. The van der Waals surface area contributed by atoms with Crippen LogP contribution in [0.3, 0.4) is 0 Å². The van der Waals surface area contributed by atoms with E-state index in [1.807, 2.05) is 0 Å². The van der Waals surface area contributed by atoms with Crippen molar-refractivity contribution in [1.82, 2.24) is 0 Å². The van der Waals surface area contributed by atoms with Crippen LogP contribution in [0.15, 0.2) is 0 Å². The highest BCUT2D eigenvalue weighted by atomic mass is 16.5. The number of ketones is 1. The molecule has 0 saturated carbocycles. The third-order valence-electron chi connectivity index (χ3n) is 12.9. The summed E-state index contributed by atoms with van der Waals surface area (Å²) in [5, 5.41) is 11.6. The number of carbonyl (C=O) groups excluding carboxylic acids is 2. The van der Waals surface area contributed by atoms with Crippen molar-refractivity contribution < 1.29 is 19.4 Å². The molecule has 0 aromatic rings. The maximum Gasteiger partial charge on any atom is 0.345 e. The van der Waals surface area contributed by atoms with Crippen molar-refractivity contribution in [1.29, 1.82) is 0 Å². The minimum atomic E-state index is -1.97. The Labute approximate surface area is 364 Å². The SMILES string of the molecule is CCCCCCCCCCCCCCCCCCOC(=O)C(O)(CCCCCCCCCCCCCCCC)C(=O)CCCCCCCCCCCCCCCCC. The summed E-state index contributed by atoms with van der Waals surface area (Å²) < 4.78 is 5.64. The van der Waals surface area contributed by atoms with Gasteiger partial charge in [-0.1, -0.05) is 290 Å². The molecule has 1 N–H and O–H groups in total. The molecule has 346 valence electrons. The summed E-state index contributed by atoms with van der Waals surface area (Å²) in [5.41, 5.74) is -1.97. The average molecular weight is 819 g/mol. The Morgan fingerprint density at radius 2 is 0.552 bits per heavy atom. The minimum Gasteiger partial charge on any atom is -0.463 e. The van der Waals surface area contributed by atoms with Gasteiger partial charge in [0.15, 0.2) is 5.78 Å². The lowest BCUT2D eigenvalue weighted by Gasteiger charge is -2.25. The van der Waals surface area contributed by atoms with E-state index in [0.29, 0.717) is 13.0 Å². The van der Waals surface area contributed by atoms with Gasteiger partial charge >= 0.3 is 5.97 Å². The van der Waals surface area contributed by atoms with Gasteiger partial charge in [0.2, 0.25) is 5.60 Å². The first kappa shape index (κ1) is 57.1. The van der Waals surface area contributed by atoms with E-state index in [9.17, 15) is 14.7 Å². The molecule has 0 aliphatic rings. The molecule has 4 heteroatoms. The first-order valence-electron chi connectivity index (χ1n) is 27.0. The molecule has 0 aromatic heterocycles. The third-order valence-corrected chi connectivity index (χ3v) is 12.9. The van der Waals surface area contributed by atoms with Crippen LogP contribution >= 0.6 is 0 Å². The van der Waals surface area contributed by atoms with Crippen molar-refractivity contribution in [2.45, 2.75) is 328 Å². The number of rotatable bonds is 50. The monoisotopic (exact) mass is 819 g/mol. The van der Waals surface area contributed by atoms with Crippen molar-refractivity contribution in [3.05, 3.63) is 0 Å². The maximum atomic E-state index is 13.4. The van der Waals surface area contributed by atoms with Gasteiger partial charge in [-0.25, -0.2) is 4.79 Å². The zero-order valence-corrected chi connectivity index (χ0v) is 40.1. The summed E-state index contributed by atoms with van der Waals surface area (Å²) in [4.78, 5) is 26.7. The Morgan fingerprint density at radius 3 is 0.828 bits per heavy atom. The van der Waals surface area contributed by atoms with Crippen molar-refractivity contribution >= 4 is 11.8 Å². The molecule has 58 heavy (non-hydrogen) atoms. The number of aliphatic hydroxyl groups is 1. The molecule has 4 nitrogen and oxygen atoms in total. The Hall–Kier alpha value is -0.900. The number of ether oxygens (including phenoxy) is 1. The van der Waals surface area contributed by atoms with Crippen LogP contribution in [0, 0.1) is 0 Å². The van der Waals surface area contributed by atoms with Crippen LogP contribution in [0.2, 0.25) is 0 Å². The molecule has 0 fully saturated rings. The van der Waals surface area contributed by atoms with Gasteiger partial charge in [-0.05, 0) is 25.7 Å². The molecule has 0 amide bonds. The second kappa shape index (κ2) is 47.2. The van der Waals surface area contributed by atoms with E-state index in [4.69, 9.17) is 4.74 Å². The van der Waals surface area contributed by atoms with Crippen LogP contribution in [0.4, 0.5) is 0 Å². The van der Waals surface area contributed by atoms with Gasteiger partial charge in [0.25, 0.3) is 0 Å². The van der Waals surface area contributed by atoms with Crippen molar-refractivity contribution in [3.63, 3.8) is 0 Å². The fourth-order valence-corrected chi connectivity index (χ4v) is 8.73. The van der Waals surface area contributed by atoms with Gasteiger partial charge in [0.1, 0.15) is 0 Å². The lowest BCUT2D eigenvalue weighted by Crippen LogP contribution is -2.48. The first-order chi connectivity index (χ1) is 28.5. The van der Waals surface area contributed by atoms with E-state index in [2.05, 4.69) is 20.8 Å². The summed E-state index contributed by atoms with van der Waals surface area (Å²) in [7, 11) is 0. The second-order valence-electron chi connectivity index (χ2n) is 18.8. The van der Waals surface area contributed by atoms with E-state index >= 15 is 0 Å². The molecule has 0 heterocycles. The smallest absolute Gasteiger partial charge is 0.345 e. The van der Waals surface area contributed by atoms with Gasteiger partial charge in [-0.15, -0.1) is 0 Å². The van der Waals surface area contributed by atoms with Crippen LogP contribution in [-0.4, -0.2) is 29.1 Å². The van der Waals surface area contributed by atoms with Crippen molar-refractivity contribution in [3.8, 4) is 0 Å². The lowest BCUT2D eigenvalue weighted by molar-refractivity contribution is -0.171. The molecular formula is C54H106O4. The molecule has 0 rings (SSSR count). The third kappa shape index (κ3) is 39.2. The van der Waals surface area contributed by atoms with Gasteiger partial charge in [0.05, 0.1) is 6.61 Å². The molecule has 0 saturated heterocycles. The Bertz CT molecular complexity index is 826. The molecule has 0 aromatic carbocycles. The van der Waals surface area contributed by atoms with Crippen LogP contribution in [0.5, 0.6) is 0 Å². The molecule has 0 aliphatic heterocycles. The molecule has 0 radical (unpaired) electrons. The largest absolute Gasteiger partial charge is 0.463 e. The van der Waals surface area contributed by atoms with E-state index in [1.165, 1.54) is 231 Å². The van der Waals surface area contributed by atoms with Gasteiger partial charge in [-0.3, -0.25) is 4.79 Å². The highest BCUT2D eigenvalue weighted by Gasteiger charge is 2.44. The zero-order chi connectivity index (χ0) is 42.3. The normalized spacial score (nSPS) is 12.6. The summed E-state index contributed by atoms with van der Waals surface area (Å²) in [6, 6.07) is 0. The van der Waals surface area contributed by atoms with Crippen molar-refractivity contribution in [2.24, 2.45) is 0 Å². The van der Waals surface area contributed by atoms with E-state index in [-0.39, 0.29) is 18.6 Å². The molecule has 0 aliphatic carbocycles. The molecule has 1 atom stereocenters. The minimum absolute atomic E-state index is 0.209. The molecule has 0 spiro atoms. The maximum absolute atomic E-state index is 13.4. The predicted molar refractivity (Wildman–Crippen MR) is 255 cm³/mol. The van der Waals surface area contributed by atoms with E-state index in [0.717, 1.165) is 51.4 Å². The molecular weight excluding hydrogens is 713 g/mol. The van der Waals surface area contributed by atoms with E-state index < -0.39 is 11.6 Å². The number of esters is 1. The Balaban J connectivity index is 4.33. The van der Waals surface area contributed by atoms with Crippen molar-refractivity contribution in [2.75, 3.05) is 6.61 Å².